The summed E-state index contributed by atoms with van der Waals surface area (Å²) in [5.74, 6) is 1.24. The van der Waals surface area contributed by atoms with Gasteiger partial charge in [-0.2, -0.15) is 0 Å². The Morgan fingerprint density at radius 2 is 1.96 bits per heavy atom. The van der Waals surface area contributed by atoms with Crippen LogP contribution in [-0.4, -0.2) is 48.9 Å². The van der Waals surface area contributed by atoms with E-state index in [1.54, 1.807) is 4.68 Å². The molecule has 0 aliphatic carbocycles. The zero-order valence-electron chi connectivity index (χ0n) is 15.1. The molecule has 7 nitrogen and oxygen atoms in total. The zero-order chi connectivity index (χ0) is 18.1. The third kappa shape index (κ3) is 3.29. The average Bonchev–Trinajstić information content (AvgIpc) is 3.26. The van der Waals surface area contributed by atoms with Crippen molar-refractivity contribution in [3.05, 3.63) is 47.5 Å². The van der Waals surface area contributed by atoms with Gasteiger partial charge in [0.15, 0.2) is 0 Å². The standard InChI is InChI=1S/C19H22N6O/c1-13-11-14(2)21-19(20-13)15-7-9-24(12-15)18(26)8-10-25-17-6-4-3-5-16(17)22-23-25/h3-6,11,15H,7-10,12H2,1-2H3/t15-/m0/s1. The predicted octanol–water partition coefficient (Wildman–Crippen LogP) is 2.24. The quantitative estimate of drug-likeness (QED) is 0.721. The van der Waals surface area contributed by atoms with Gasteiger partial charge in [-0.15, -0.1) is 5.10 Å². The minimum atomic E-state index is 0.149. The predicted molar refractivity (Wildman–Crippen MR) is 97.6 cm³/mol. The van der Waals surface area contributed by atoms with Gasteiger partial charge in [-0.3, -0.25) is 4.79 Å². The lowest BCUT2D eigenvalue weighted by molar-refractivity contribution is -0.130. The highest BCUT2D eigenvalue weighted by molar-refractivity contribution is 5.77. The van der Waals surface area contributed by atoms with E-state index in [0.717, 1.165) is 41.2 Å². The first-order valence-electron chi connectivity index (χ1n) is 8.98. The van der Waals surface area contributed by atoms with Crippen molar-refractivity contribution in [3.63, 3.8) is 0 Å². The van der Waals surface area contributed by atoms with Crippen LogP contribution in [0.5, 0.6) is 0 Å². The molecule has 0 radical (unpaired) electrons. The van der Waals surface area contributed by atoms with Crippen LogP contribution in [0, 0.1) is 13.8 Å². The summed E-state index contributed by atoms with van der Waals surface area (Å²) in [6.07, 6.45) is 1.34. The largest absolute Gasteiger partial charge is 0.342 e. The third-order valence-corrected chi connectivity index (χ3v) is 4.86. The Bertz CT molecular complexity index is 930. The Balaban J connectivity index is 1.38. The van der Waals surface area contributed by atoms with E-state index in [1.165, 1.54) is 0 Å². The first-order valence-corrected chi connectivity index (χ1v) is 8.98. The lowest BCUT2D eigenvalue weighted by Crippen LogP contribution is -2.29. The molecule has 7 heteroatoms. The smallest absolute Gasteiger partial charge is 0.224 e. The maximum absolute atomic E-state index is 12.6. The molecule has 0 unspecified atom stereocenters. The van der Waals surface area contributed by atoms with Crippen LogP contribution in [0.15, 0.2) is 30.3 Å². The van der Waals surface area contributed by atoms with E-state index in [1.807, 2.05) is 49.1 Å². The van der Waals surface area contributed by atoms with E-state index in [2.05, 4.69) is 20.3 Å². The first-order chi connectivity index (χ1) is 12.6. The number of rotatable bonds is 4. The number of para-hydroxylation sites is 1. The molecule has 1 atom stereocenters. The Morgan fingerprint density at radius 1 is 1.19 bits per heavy atom. The van der Waals surface area contributed by atoms with Gasteiger partial charge >= 0.3 is 0 Å². The molecule has 3 heterocycles. The van der Waals surface area contributed by atoms with Gasteiger partial charge in [0.1, 0.15) is 11.3 Å². The molecule has 0 saturated carbocycles. The molecule has 0 bridgehead atoms. The number of amides is 1. The van der Waals surface area contributed by atoms with Crippen LogP contribution in [0.2, 0.25) is 0 Å². The van der Waals surface area contributed by atoms with E-state index < -0.39 is 0 Å². The molecule has 1 saturated heterocycles. The highest BCUT2D eigenvalue weighted by Gasteiger charge is 2.29. The van der Waals surface area contributed by atoms with Crippen LogP contribution in [0.1, 0.15) is 36.0 Å². The molecular weight excluding hydrogens is 328 g/mol. The lowest BCUT2D eigenvalue weighted by Gasteiger charge is -2.16. The van der Waals surface area contributed by atoms with Crippen LogP contribution in [0.4, 0.5) is 0 Å². The second-order valence-electron chi connectivity index (χ2n) is 6.89. The molecule has 3 aromatic rings. The molecule has 1 amide bonds. The summed E-state index contributed by atoms with van der Waals surface area (Å²) in [5.41, 5.74) is 3.78. The van der Waals surface area contributed by atoms with Crippen molar-refractivity contribution < 1.29 is 4.79 Å². The molecule has 1 aromatic carbocycles. The van der Waals surface area contributed by atoms with E-state index in [4.69, 9.17) is 0 Å². The molecule has 1 aliphatic heterocycles. The molecule has 0 N–H and O–H groups in total. The maximum atomic E-state index is 12.6. The number of aryl methyl sites for hydroxylation is 3. The summed E-state index contributed by atoms with van der Waals surface area (Å²) in [5, 5.41) is 8.29. The number of likely N-dealkylation sites (tertiary alicyclic amines) is 1. The van der Waals surface area contributed by atoms with Gasteiger partial charge in [0.25, 0.3) is 0 Å². The fourth-order valence-corrected chi connectivity index (χ4v) is 3.58. The van der Waals surface area contributed by atoms with Gasteiger partial charge < -0.3 is 4.90 Å². The maximum Gasteiger partial charge on any atom is 0.224 e. The molecule has 2 aromatic heterocycles. The van der Waals surface area contributed by atoms with Crippen LogP contribution in [-0.2, 0) is 11.3 Å². The van der Waals surface area contributed by atoms with E-state index in [9.17, 15) is 4.79 Å². The Morgan fingerprint density at radius 3 is 2.77 bits per heavy atom. The normalized spacial score (nSPS) is 17.2. The minimum absolute atomic E-state index is 0.149. The average molecular weight is 350 g/mol. The van der Waals surface area contributed by atoms with E-state index in [-0.39, 0.29) is 11.8 Å². The summed E-state index contributed by atoms with van der Waals surface area (Å²) < 4.78 is 1.80. The molecule has 0 spiro atoms. The van der Waals surface area contributed by atoms with Crippen molar-refractivity contribution in [1.82, 2.24) is 29.9 Å². The Labute approximate surface area is 152 Å². The second-order valence-corrected chi connectivity index (χ2v) is 6.89. The number of hydrogen-bond donors (Lipinski definition) is 0. The highest BCUT2D eigenvalue weighted by Crippen LogP contribution is 2.25. The molecule has 4 rings (SSSR count). The van der Waals surface area contributed by atoms with E-state index in [0.29, 0.717) is 19.5 Å². The topological polar surface area (TPSA) is 76.8 Å². The summed E-state index contributed by atoms with van der Waals surface area (Å²) >= 11 is 0. The van der Waals surface area contributed by atoms with Crippen molar-refractivity contribution >= 4 is 16.9 Å². The number of aromatic nitrogens is 5. The van der Waals surface area contributed by atoms with Crippen molar-refractivity contribution in [2.75, 3.05) is 13.1 Å². The summed E-state index contributed by atoms with van der Waals surface area (Å²) in [6.45, 7) is 5.97. The molecule has 26 heavy (non-hydrogen) atoms. The van der Waals surface area contributed by atoms with Crippen molar-refractivity contribution in [1.29, 1.82) is 0 Å². The van der Waals surface area contributed by atoms with Crippen LogP contribution in [0.25, 0.3) is 11.0 Å². The molecule has 134 valence electrons. The van der Waals surface area contributed by atoms with Gasteiger partial charge in [0.05, 0.1) is 12.1 Å². The molecule has 1 aliphatic rings. The minimum Gasteiger partial charge on any atom is -0.342 e. The van der Waals surface area contributed by atoms with Crippen LogP contribution in [0.3, 0.4) is 0 Å². The fraction of sp³-hybridized carbons (Fsp3) is 0.421. The van der Waals surface area contributed by atoms with Gasteiger partial charge in [-0.25, -0.2) is 14.6 Å². The molecular formula is C19H22N6O. The van der Waals surface area contributed by atoms with Gasteiger partial charge in [-0.1, -0.05) is 17.3 Å². The molecule has 1 fully saturated rings. The second kappa shape index (κ2) is 6.82. The lowest BCUT2D eigenvalue weighted by atomic mass is 10.1. The highest BCUT2D eigenvalue weighted by atomic mass is 16.2. The zero-order valence-corrected chi connectivity index (χ0v) is 15.1. The van der Waals surface area contributed by atoms with E-state index >= 15 is 0 Å². The summed E-state index contributed by atoms with van der Waals surface area (Å²) in [6, 6.07) is 9.77. The van der Waals surface area contributed by atoms with Crippen LogP contribution < -0.4 is 0 Å². The number of carbonyl (C=O) groups excluding carboxylic acids is 1. The summed E-state index contributed by atoms with van der Waals surface area (Å²) in [7, 11) is 0. The number of nitrogens with zero attached hydrogens (tertiary/aromatic N) is 6. The number of benzene rings is 1. The fourth-order valence-electron chi connectivity index (χ4n) is 3.58. The SMILES string of the molecule is Cc1cc(C)nc([C@H]2CCN(C(=O)CCn3nnc4ccccc43)C2)n1. The van der Waals surface area contributed by atoms with Crippen molar-refractivity contribution in [2.45, 2.75) is 39.2 Å². The Kier molecular flexibility index (Phi) is 4.36. The summed E-state index contributed by atoms with van der Waals surface area (Å²) in [4.78, 5) is 23.7. The third-order valence-electron chi connectivity index (χ3n) is 4.86. The van der Waals surface area contributed by atoms with Gasteiger partial charge in [0, 0.05) is 36.8 Å². The first kappa shape index (κ1) is 16.6. The van der Waals surface area contributed by atoms with Gasteiger partial charge in [0.2, 0.25) is 5.91 Å². The van der Waals surface area contributed by atoms with Crippen LogP contribution >= 0.6 is 0 Å². The van der Waals surface area contributed by atoms with Gasteiger partial charge in [-0.05, 0) is 38.5 Å². The number of hydrogen-bond acceptors (Lipinski definition) is 5. The van der Waals surface area contributed by atoms with Crippen molar-refractivity contribution in [2.24, 2.45) is 0 Å². The monoisotopic (exact) mass is 350 g/mol. The number of fused-ring (bicyclic) bond motifs is 1. The Hall–Kier alpha value is -2.83. The number of carbonyl (C=O) groups is 1. The van der Waals surface area contributed by atoms with Crippen molar-refractivity contribution in [3.8, 4) is 0 Å².